The molecule has 0 fully saturated rings. The molecule has 0 saturated carbocycles. The number of carbonyl (C=O) groups is 1. The van der Waals surface area contributed by atoms with Gasteiger partial charge in [-0.1, -0.05) is 37.3 Å². The van der Waals surface area contributed by atoms with E-state index in [0.717, 1.165) is 22.0 Å². The molecule has 0 spiro atoms. The predicted octanol–water partition coefficient (Wildman–Crippen LogP) is 5.74. The fourth-order valence-corrected chi connectivity index (χ4v) is 5.29. The summed E-state index contributed by atoms with van der Waals surface area (Å²) in [5.41, 5.74) is 11.3. The number of hydrogen-bond acceptors (Lipinski definition) is 6. The topological polar surface area (TPSA) is 98.7 Å². The summed E-state index contributed by atoms with van der Waals surface area (Å²) in [7, 11) is 1.80. The Bertz CT molecular complexity index is 1630. The zero-order valence-corrected chi connectivity index (χ0v) is 21.9. The molecule has 0 aliphatic heterocycles. The lowest BCUT2D eigenvalue weighted by Gasteiger charge is -2.25. The van der Waals surface area contributed by atoms with Crippen LogP contribution in [0.25, 0.3) is 22.2 Å². The Hall–Kier alpha value is -4.09. The Kier molecular flexibility index (Phi) is 7.19. The number of nitrogens with two attached hydrogens (primary N) is 1. The maximum absolute atomic E-state index is 14.2. The van der Waals surface area contributed by atoms with Gasteiger partial charge in [0, 0.05) is 47.6 Å². The molecule has 0 saturated heterocycles. The van der Waals surface area contributed by atoms with Crippen molar-refractivity contribution in [1.82, 2.24) is 25.1 Å². The van der Waals surface area contributed by atoms with Crippen LogP contribution in [0.1, 0.15) is 51.6 Å². The summed E-state index contributed by atoms with van der Waals surface area (Å²) in [4.78, 5) is 21.3. The number of aromatic nitrogens is 4. The van der Waals surface area contributed by atoms with Gasteiger partial charge in [0.25, 0.3) is 0 Å². The number of nitrogens with zero attached hydrogens (tertiary/aromatic N) is 4. The van der Waals surface area contributed by atoms with Crippen LogP contribution < -0.4 is 11.1 Å². The molecule has 3 N–H and O–H groups in total. The molecule has 39 heavy (non-hydrogen) atoms. The van der Waals surface area contributed by atoms with Crippen LogP contribution >= 0.6 is 11.3 Å². The van der Waals surface area contributed by atoms with E-state index in [4.69, 9.17) is 10.7 Å². The SMILES string of the molecule is C[C@@H](c1cc(C(NCc2cscn2)C(F)(F)F)ccc1C(N)=O)c1cc(-c2cnn(C)c2)nc2ccccc12. The molecule has 200 valence electrons. The van der Waals surface area contributed by atoms with Crippen LogP contribution in [0.4, 0.5) is 13.2 Å². The average Bonchev–Trinajstić information content (AvgIpc) is 3.58. The van der Waals surface area contributed by atoms with Gasteiger partial charge in [-0.15, -0.1) is 11.3 Å². The summed E-state index contributed by atoms with van der Waals surface area (Å²) in [6.07, 6.45) is -1.05. The van der Waals surface area contributed by atoms with Gasteiger partial charge in [0.1, 0.15) is 6.04 Å². The highest BCUT2D eigenvalue weighted by Crippen LogP contribution is 2.38. The largest absolute Gasteiger partial charge is 0.407 e. The molecule has 2 atom stereocenters. The highest BCUT2D eigenvalue weighted by Gasteiger charge is 2.41. The van der Waals surface area contributed by atoms with E-state index < -0.39 is 24.0 Å². The number of para-hydroxylation sites is 1. The fourth-order valence-electron chi connectivity index (χ4n) is 4.73. The van der Waals surface area contributed by atoms with Gasteiger partial charge in [-0.05, 0) is 34.9 Å². The molecule has 5 aromatic rings. The lowest BCUT2D eigenvalue weighted by atomic mass is 9.85. The van der Waals surface area contributed by atoms with Gasteiger partial charge >= 0.3 is 6.18 Å². The molecule has 0 aliphatic rings. The van der Waals surface area contributed by atoms with Crippen LogP contribution in [-0.4, -0.2) is 31.8 Å². The van der Waals surface area contributed by atoms with E-state index in [9.17, 15) is 18.0 Å². The van der Waals surface area contributed by atoms with Crippen molar-refractivity contribution in [2.24, 2.45) is 12.8 Å². The maximum atomic E-state index is 14.2. The molecular weight excluding hydrogens is 525 g/mol. The highest BCUT2D eigenvalue weighted by atomic mass is 32.1. The minimum atomic E-state index is -4.58. The first kappa shape index (κ1) is 26.5. The number of amides is 1. The molecular formula is C28H25F3N6OS. The third-order valence-corrected chi connectivity index (χ3v) is 7.29. The number of rotatable bonds is 8. The molecule has 3 aromatic heterocycles. The molecule has 5 rings (SSSR count). The fraction of sp³-hybridized carbons (Fsp3) is 0.214. The van der Waals surface area contributed by atoms with Gasteiger partial charge < -0.3 is 5.73 Å². The monoisotopic (exact) mass is 550 g/mol. The Morgan fingerprint density at radius 3 is 2.62 bits per heavy atom. The minimum Gasteiger partial charge on any atom is -0.366 e. The van der Waals surface area contributed by atoms with Crippen LogP contribution in [0.3, 0.4) is 0 Å². The molecule has 0 radical (unpaired) electrons. The number of nitrogens with one attached hydrogen (secondary N) is 1. The van der Waals surface area contributed by atoms with Crippen LogP contribution in [0.2, 0.25) is 0 Å². The van der Waals surface area contributed by atoms with Gasteiger partial charge in [0.15, 0.2) is 0 Å². The Labute approximate surface area is 226 Å². The zero-order chi connectivity index (χ0) is 27.7. The van der Waals surface area contributed by atoms with Gasteiger partial charge in [-0.2, -0.15) is 18.3 Å². The van der Waals surface area contributed by atoms with Crippen LogP contribution in [0, 0.1) is 0 Å². The second kappa shape index (κ2) is 10.6. The summed E-state index contributed by atoms with van der Waals surface area (Å²) in [5.74, 6) is -1.20. The molecule has 0 bridgehead atoms. The van der Waals surface area contributed by atoms with Gasteiger partial charge in [0.05, 0.1) is 28.6 Å². The van der Waals surface area contributed by atoms with Crippen LogP contribution in [0.5, 0.6) is 0 Å². The standard InChI is InChI=1S/C28H25F3N6OS/c1-16(23-10-25(18-11-35-37(2)13-18)36-24-6-4-3-5-20(23)24)22-9-17(7-8-21(22)27(32)38)26(28(29,30)31)33-12-19-14-39-15-34-19/h3-11,13-16,26,33H,12H2,1-2H3,(H2,32,38)/t16-,26?/m0/s1. The highest BCUT2D eigenvalue weighted by molar-refractivity contribution is 7.07. The molecule has 11 heteroatoms. The van der Waals surface area contributed by atoms with E-state index in [1.165, 1.54) is 29.5 Å². The third kappa shape index (κ3) is 5.55. The number of benzene rings is 2. The molecule has 1 unspecified atom stereocenters. The van der Waals surface area contributed by atoms with Gasteiger partial charge in [0.2, 0.25) is 5.91 Å². The van der Waals surface area contributed by atoms with Crippen molar-refractivity contribution in [3.8, 4) is 11.3 Å². The number of hydrogen-bond donors (Lipinski definition) is 2. The molecule has 0 aliphatic carbocycles. The lowest BCUT2D eigenvalue weighted by molar-refractivity contribution is -0.158. The summed E-state index contributed by atoms with van der Waals surface area (Å²) in [6, 6.07) is 11.5. The van der Waals surface area contributed by atoms with Crippen molar-refractivity contribution in [2.75, 3.05) is 0 Å². The number of fused-ring (bicyclic) bond motifs is 1. The predicted molar refractivity (Wildman–Crippen MR) is 144 cm³/mol. The number of alkyl halides is 3. The average molecular weight is 551 g/mol. The quantitative estimate of drug-likeness (QED) is 0.257. The van der Waals surface area contributed by atoms with E-state index in [-0.39, 0.29) is 17.7 Å². The second-order valence-corrected chi connectivity index (χ2v) is 10.0. The smallest absolute Gasteiger partial charge is 0.366 e. The number of aryl methyl sites for hydroxylation is 1. The first-order valence-corrected chi connectivity index (χ1v) is 13.1. The Balaban J connectivity index is 1.62. The minimum absolute atomic E-state index is 0.0181. The van der Waals surface area contributed by atoms with Gasteiger partial charge in [-0.25, -0.2) is 9.97 Å². The second-order valence-electron chi connectivity index (χ2n) is 9.28. The summed E-state index contributed by atoms with van der Waals surface area (Å²) >= 11 is 1.31. The van der Waals surface area contributed by atoms with E-state index >= 15 is 0 Å². The van der Waals surface area contributed by atoms with Crippen molar-refractivity contribution in [3.05, 3.63) is 99.8 Å². The van der Waals surface area contributed by atoms with E-state index in [2.05, 4.69) is 15.4 Å². The third-order valence-electron chi connectivity index (χ3n) is 6.65. The van der Waals surface area contributed by atoms with Crippen molar-refractivity contribution in [2.45, 2.75) is 31.6 Å². The molecule has 2 aromatic carbocycles. The summed E-state index contributed by atoms with van der Waals surface area (Å²) < 4.78 is 44.3. The van der Waals surface area contributed by atoms with Crippen molar-refractivity contribution in [1.29, 1.82) is 0 Å². The molecule has 1 amide bonds. The Morgan fingerprint density at radius 1 is 1.15 bits per heavy atom. The lowest BCUT2D eigenvalue weighted by Crippen LogP contribution is -2.34. The van der Waals surface area contributed by atoms with Crippen molar-refractivity contribution < 1.29 is 18.0 Å². The first-order valence-electron chi connectivity index (χ1n) is 12.1. The number of halogens is 3. The zero-order valence-electron chi connectivity index (χ0n) is 21.1. The van der Waals surface area contributed by atoms with Crippen LogP contribution in [0.15, 0.2) is 71.8 Å². The number of primary amides is 1. The van der Waals surface area contributed by atoms with Crippen LogP contribution in [-0.2, 0) is 13.6 Å². The summed E-state index contributed by atoms with van der Waals surface area (Å²) in [6.45, 7) is 1.80. The first-order chi connectivity index (χ1) is 18.6. The summed E-state index contributed by atoms with van der Waals surface area (Å²) in [5, 5.41) is 9.33. The maximum Gasteiger partial charge on any atom is 0.407 e. The number of pyridine rings is 1. The van der Waals surface area contributed by atoms with E-state index in [0.29, 0.717) is 17.0 Å². The van der Waals surface area contributed by atoms with E-state index in [1.807, 2.05) is 43.5 Å². The Morgan fingerprint density at radius 2 is 1.95 bits per heavy atom. The normalized spacial score (nSPS) is 13.5. The number of thiazole rings is 1. The van der Waals surface area contributed by atoms with Crippen molar-refractivity contribution in [3.63, 3.8) is 0 Å². The van der Waals surface area contributed by atoms with Crippen molar-refractivity contribution >= 4 is 28.1 Å². The number of carbonyl (C=O) groups excluding carboxylic acids is 1. The molecule has 3 heterocycles. The van der Waals surface area contributed by atoms with Gasteiger partial charge in [-0.3, -0.25) is 14.8 Å². The van der Waals surface area contributed by atoms with E-state index in [1.54, 1.807) is 28.8 Å². The molecule has 7 nitrogen and oxygen atoms in total.